The highest BCUT2D eigenvalue weighted by atomic mass is 16.5. The predicted molar refractivity (Wildman–Crippen MR) is 79.5 cm³/mol. The number of nitrogens with zero attached hydrogens (tertiary/aromatic N) is 2. The Labute approximate surface area is 121 Å². The fraction of sp³-hybridized carbons (Fsp3) is 0.214. The van der Waals surface area contributed by atoms with Crippen LogP contribution in [0.1, 0.15) is 13.8 Å². The summed E-state index contributed by atoms with van der Waals surface area (Å²) in [4.78, 5) is 20.0. The third-order valence-electron chi connectivity index (χ3n) is 3.11. The van der Waals surface area contributed by atoms with Gasteiger partial charge in [0.05, 0.1) is 0 Å². The lowest BCUT2D eigenvalue weighted by Crippen LogP contribution is -2.46. The van der Waals surface area contributed by atoms with Gasteiger partial charge >= 0.3 is 0 Å². The molecule has 0 aliphatic carbocycles. The van der Waals surface area contributed by atoms with Crippen molar-refractivity contribution in [1.82, 2.24) is 9.97 Å². The monoisotopic (exact) mass is 285 g/mol. The highest BCUT2D eigenvalue weighted by molar-refractivity contribution is 6.00. The third-order valence-corrected chi connectivity index (χ3v) is 3.11. The molecular formula is C14H15N5O2. The number of nitrogens with one attached hydrogen (secondary N) is 2. The Kier molecular flexibility index (Phi) is 2.90. The average molecular weight is 285 g/mol. The molecule has 0 fully saturated rings. The van der Waals surface area contributed by atoms with Crippen LogP contribution in [0.2, 0.25) is 0 Å². The molecule has 7 nitrogen and oxygen atoms in total. The Morgan fingerprint density at radius 1 is 1.24 bits per heavy atom. The smallest absolute Gasteiger partial charge is 0.269 e. The summed E-state index contributed by atoms with van der Waals surface area (Å²) >= 11 is 0. The van der Waals surface area contributed by atoms with Crippen molar-refractivity contribution < 1.29 is 9.53 Å². The second-order valence-electron chi connectivity index (χ2n) is 5.21. The molecule has 4 N–H and O–H groups in total. The van der Waals surface area contributed by atoms with E-state index in [1.165, 1.54) is 6.33 Å². The highest BCUT2D eigenvalue weighted by Gasteiger charge is 2.37. The largest absolute Gasteiger partial charge is 0.470 e. The standard InChI is InChI=1S/C14H15N5O2/c1-14(2)13(20)19-12-10(21-14)11(16-7-17-12)18-9-5-3-8(15)4-6-9/h3-7H,15H2,1-2H3,(H2,16,17,18,19,20). The molecule has 3 rings (SSSR count). The first-order chi connectivity index (χ1) is 9.95. The van der Waals surface area contributed by atoms with Crippen LogP contribution in [0.4, 0.5) is 23.0 Å². The number of anilines is 4. The van der Waals surface area contributed by atoms with E-state index in [9.17, 15) is 4.79 Å². The number of ether oxygens (including phenoxy) is 1. The van der Waals surface area contributed by atoms with E-state index in [1.807, 2.05) is 12.1 Å². The van der Waals surface area contributed by atoms with Crippen molar-refractivity contribution in [3.05, 3.63) is 30.6 Å². The molecule has 0 atom stereocenters. The number of benzene rings is 1. The van der Waals surface area contributed by atoms with Crippen molar-refractivity contribution in [1.29, 1.82) is 0 Å². The molecule has 0 spiro atoms. The minimum absolute atomic E-state index is 0.243. The topological polar surface area (TPSA) is 102 Å². The normalized spacial score (nSPS) is 15.6. The van der Waals surface area contributed by atoms with E-state index in [2.05, 4.69) is 20.6 Å². The zero-order valence-corrected chi connectivity index (χ0v) is 11.7. The first-order valence-corrected chi connectivity index (χ1v) is 6.44. The number of rotatable bonds is 2. The Hall–Kier alpha value is -2.83. The zero-order valence-electron chi connectivity index (χ0n) is 11.7. The van der Waals surface area contributed by atoms with Crippen molar-refractivity contribution in [2.24, 2.45) is 0 Å². The Morgan fingerprint density at radius 3 is 2.67 bits per heavy atom. The molecule has 2 aromatic rings. The van der Waals surface area contributed by atoms with E-state index in [0.29, 0.717) is 23.1 Å². The van der Waals surface area contributed by atoms with Crippen LogP contribution in [0.25, 0.3) is 0 Å². The van der Waals surface area contributed by atoms with Gasteiger partial charge in [-0.1, -0.05) is 0 Å². The molecule has 1 aromatic heterocycles. The first kappa shape index (κ1) is 13.2. The lowest BCUT2D eigenvalue weighted by Gasteiger charge is -2.31. The molecular weight excluding hydrogens is 270 g/mol. The molecule has 0 saturated heterocycles. The van der Waals surface area contributed by atoms with E-state index in [-0.39, 0.29) is 5.91 Å². The van der Waals surface area contributed by atoms with Gasteiger partial charge in [-0.05, 0) is 38.1 Å². The molecule has 2 heterocycles. The fourth-order valence-electron chi connectivity index (χ4n) is 1.91. The number of nitrogens with two attached hydrogens (primary N) is 1. The molecule has 0 bridgehead atoms. The highest BCUT2D eigenvalue weighted by Crippen LogP contribution is 2.37. The molecule has 0 saturated carbocycles. The van der Waals surface area contributed by atoms with Gasteiger partial charge in [0, 0.05) is 11.4 Å². The second kappa shape index (κ2) is 4.62. The summed E-state index contributed by atoms with van der Waals surface area (Å²) in [5.74, 6) is 1.01. The molecule has 1 aliphatic rings. The van der Waals surface area contributed by atoms with Crippen molar-refractivity contribution in [2.75, 3.05) is 16.4 Å². The van der Waals surface area contributed by atoms with E-state index < -0.39 is 5.60 Å². The van der Waals surface area contributed by atoms with Crippen LogP contribution in [0, 0.1) is 0 Å². The summed E-state index contributed by atoms with van der Waals surface area (Å²) in [5.41, 5.74) is 6.16. The quantitative estimate of drug-likeness (QED) is 0.728. The van der Waals surface area contributed by atoms with Crippen LogP contribution >= 0.6 is 0 Å². The van der Waals surface area contributed by atoms with Crippen LogP contribution in [-0.4, -0.2) is 21.5 Å². The number of nitrogen functional groups attached to an aromatic ring is 1. The van der Waals surface area contributed by atoms with Gasteiger partial charge in [0.25, 0.3) is 5.91 Å². The van der Waals surface area contributed by atoms with E-state index in [1.54, 1.807) is 26.0 Å². The number of hydrogen-bond acceptors (Lipinski definition) is 6. The maximum absolute atomic E-state index is 11.9. The SMILES string of the molecule is CC1(C)Oc2c(ncnc2Nc2ccc(N)cc2)NC1=O. The van der Waals surface area contributed by atoms with Crippen LogP contribution < -0.4 is 21.1 Å². The van der Waals surface area contributed by atoms with E-state index >= 15 is 0 Å². The van der Waals surface area contributed by atoms with Crippen LogP contribution in [0.5, 0.6) is 5.75 Å². The maximum Gasteiger partial charge on any atom is 0.269 e. The molecule has 108 valence electrons. The Balaban J connectivity index is 1.96. The minimum atomic E-state index is -0.977. The van der Waals surface area contributed by atoms with Gasteiger partial charge in [0.15, 0.2) is 17.2 Å². The van der Waals surface area contributed by atoms with Gasteiger partial charge in [-0.25, -0.2) is 9.97 Å². The first-order valence-electron chi connectivity index (χ1n) is 6.44. The van der Waals surface area contributed by atoms with Crippen molar-refractivity contribution in [3.63, 3.8) is 0 Å². The third kappa shape index (κ3) is 2.45. The number of aromatic nitrogens is 2. The van der Waals surface area contributed by atoms with Gasteiger partial charge in [-0.15, -0.1) is 0 Å². The number of carbonyl (C=O) groups is 1. The molecule has 1 amide bonds. The van der Waals surface area contributed by atoms with Crippen LogP contribution in [0.3, 0.4) is 0 Å². The Morgan fingerprint density at radius 2 is 1.95 bits per heavy atom. The predicted octanol–water partition coefficient (Wildman–Crippen LogP) is 1.91. The van der Waals surface area contributed by atoms with Gasteiger partial charge in [-0.2, -0.15) is 0 Å². The van der Waals surface area contributed by atoms with Crippen LogP contribution in [-0.2, 0) is 4.79 Å². The molecule has 0 unspecified atom stereocenters. The maximum atomic E-state index is 11.9. The van der Waals surface area contributed by atoms with Crippen molar-refractivity contribution >= 4 is 28.9 Å². The average Bonchev–Trinajstić information content (AvgIpc) is 2.43. The molecule has 21 heavy (non-hydrogen) atoms. The number of hydrogen-bond donors (Lipinski definition) is 3. The van der Waals surface area contributed by atoms with Gasteiger partial charge in [-0.3, -0.25) is 4.79 Å². The molecule has 1 aromatic carbocycles. The fourth-order valence-corrected chi connectivity index (χ4v) is 1.91. The molecule has 7 heteroatoms. The summed E-state index contributed by atoms with van der Waals surface area (Å²) in [6, 6.07) is 7.22. The lowest BCUT2D eigenvalue weighted by molar-refractivity contribution is -0.129. The van der Waals surface area contributed by atoms with Crippen LogP contribution in [0.15, 0.2) is 30.6 Å². The lowest BCUT2D eigenvalue weighted by atomic mass is 10.1. The minimum Gasteiger partial charge on any atom is -0.470 e. The summed E-state index contributed by atoms with van der Waals surface area (Å²) < 4.78 is 5.73. The van der Waals surface area contributed by atoms with Crippen molar-refractivity contribution in [3.8, 4) is 5.75 Å². The molecule has 1 aliphatic heterocycles. The molecule has 0 radical (unpaired) electrons. The van der Waals surface area contributed by atoms with Gasteiger partial charge in [0.1, 0.15) is 6.33 Å². The van der Waals surface area contributed by atoms with Gasteiger partial charge < -0.3 is 21.1 Å². The summed E-state index contributed by atoms with van der Waals surface area (Å²) in [5, 5.41) is 5.84. The van der Waals surface area contributed by atoms with Gasteiger partial charge in [0.2, 0.25) is 5.75 Å². The number of amides is 1. The summed E-state index contributed by atoms with van der Waals surface area (Å²) in [7, 11) is 0. The Bertz CT molecular complexity index is 697. The van der Waals surface area contributed by atoms with E-state index in [4.69, 9.17) is 10.5 Å². The summed E-state index contributed by atoms with van der Waals surface area (Å²) in [6.07, 6.45) is 1.36. The second-order valence-corrected chi connectivity index (χ2v) is 5.21. The number of carbonyl (C=O) groups excluding carboxylic acids is 1. The van der Waals surface area contributed by atoms with Crippen molar-refractivity contribution in [2.45, 2.75) is 19.4 Å². The zero-order chi connectivity index (χ0) is 15.0. The summed E-state index contributed by atoms with van der Waals surface area (Å²) in [6.45, 7) is 3.37. The van der Waals surface area contributed by atoms with E-state index in [0.717, 1.165) is 5.69 Å². The number of fused-ring (bicyclic) bond motifs is 1.